The van der Waals surface area contributed by atoms with E-state index >= 15 is 0 Å². The standard InChI is InChI=1S/C16H24N2O2/c1-4-20-16(19)14-7-5-13(6-8-14)11-18-10-9-15(12-18)17(2)3/h5-8,15H,4,9-12H2,1-3H3. The smallest absolute Gasteiger partial charge is 0.338 e. The maximum absolute atomic E-state index is 11.6. The van der Waals surface area contributed by atoms with Crippen LogP contribution < -0.4 is 0 Å². The van der Waals surface area contributed by atoms with Gasteiger partial charge in [0.25, 0.3) is 0 Å². The maximum Gasteiger partial charge on any atom is 0.338 e. The summed E-state index contributed by atoms with van der Waals surface area (Å²) >= 11 is 0. The summed E-state index contributed by atoms with van der Waals surface area (Å²) in [5.41, 5.74) is 1.88. The van der Waals surface area contributed by atoms with E-state index in [1.165, 1.54) is 12.0 Å². The number of ether oxygens (including phenoxy) is 1. The number of likely N-dealkylation sites (N-methyl/N-ethyl adjacent to an activating group) is 1. The van der Waals surface area contributed by atoms with E-state index in [1.54, 1.807) is 0 Å². The van der Waals surface area contributed by atoms with Crippen LogP contribution in [0.2, 0.25) is 0 Å². The van der Waals surface area contributed by atoms with Crippen molar-refractivity contribution in [3.05, 3.63) is 35.4 Å². The van der Waals surface area contributed by atoms with Crippen LogP contribution in [0.25, 0.3) is 0 Å². The molecule has 0 amide bonds. The Labute approximate surface area is 121 Å². The number of rotatable bonds is 5. The third-order valence-electron chi connectivity index (χ3n) is 3.85. The van der Waals surface area contributed by atoms with Gasteiger partial charge in [0.15, 0.2) is 0 Å². The van der Waals surface area contributed by atoms with Crippen LogP contribution in [-0.4, -0.2) is 55.6 Å². The number of benzene rings is 1. The van der Waals surface area contributed by atoms with Crippen LogP contribution in [0.15, 0.2) is 24.3 Å². The molecule has 4 heteroatoms. The van der Waals surface area contributed by atoms with Gasteiger partial charge in [0, 0.05) is 25.7 Å². The second-order valence-electron chi connectivity index (χ2n) is 5.56. The first-order valence-electron chi connectivity index (χ1n) is 7.25. The summed E-state index contributed by atoms with van der Waals surface area (Å²) in [5, 5.41) is 0. The number of hydrogen-bond acceptors (Lipinski definition) is 4. The van der Waals surface area contributed by atoms with Gasteiger partial charge in [-0.05, 0) is 45.1 Å². The van der Waals surface area contributed by atoms with Gasteiger partial charge in [-0.1, -0.05) is 12.1 Å². The summed E-state index contributed by atoms with van der Waals surface area (Å²) in [5.74, 6) is -0.243. The fourth-order valence-electron chi connectivity index (χ4n) is 2.60. The number of carbonyl (C=O) groups is 1. The highest BCUT2D eigenvalue weighted by Gasteiger charge is 2.23. The van der Waals surface area contributed by atoms with Crippen LogP contribution in [0.5, 0.6) is 0 Å². The van der Waals surface area contributed by atoms with Crippen LogP contribution in [-0.2, 0) is 11.3 Å². The molecule has 1 aromatic rings. The van der Waals surface area contributed by atoms with Crippen LogP contribution in [0.1, 0.15) is 29.3 Å². The Balaban J connectivity index is 1.90. The van der Waals surface area contributed by atoms with Crippen molar-refractivity contribution in [3.8, 4) is 0 Å². The number of nitrogens with zero attached hydrogens (tertiary/aromatic N) is 2. The first-order chi connectivity index (χ1) is 9.60. The maximum atomic E-state index is 11.6. The second kappa shape index (κ2) is 6.86. The minimum Gasteiger partial charge on any atom is -0.462 e. The number of hydrogen-bond donors (Lipinski definition) is 0. The zero-order valence-corrected chi connectivity index (χ0v) is 12.6. The SMILES string of the molecule is CCOC(=O)c1ccc(CN2CCC(N(C)C)C2)cc1. The fraction of sp³-hybridized carbons (Fsp3) is 0.562. The molecule has 0 aliphatic carbocycles. The first kappa shape index (κ1) is 15.0. The van der Waals surface area contributed by atoms with Crippen molar-refractivity contribution >= 4 is 5.97 Å². The van der Waals surface area contributed by atoms with Gasteiger partial charge in [-0.3, -0.25) is 4.90 Å². The van der Waals surface area contributed by atoms with E-state index in [1.807, 2.05) is 31.2 Å². The average Bonchev–Trinajstić information content (AvgIpc) is 2.88. The van der Waals surface area contributed by atoms with Gasteiger partial charge in [0.05, 0.1) is 12.2 Å². The molecule has 4 nitrogen and oxygen atoms in total. The molecular formula is C16H24N2O2. The summed E-state index contributed by atoms with van der Waals surface area (Å²) in [6.07, 6.45) is 1.23. The van der Waals surface area contributed by atoms with Crippen molar-refractivity contribution in [2.75, 3.05) is 33.8 Å². The van der Waals surface area contributed by atoms with Gasteiger partial charge in [-0.15, -0.1) is 0 Å². The van der Waals surface area contributed by atoms with E-state index in [4.69, 9.17) is 4.74 Å². The van der Waals surface area contributed by atoms with E-state index in [-0.39, 0.29) is 5.97 Å². The highest BCUT2D eigenvalue weighted by atomic mass is 16.5. The van der Waals surface area contributed by atoms with Gasteiger partial charge in [0.1, 0.15) is 0 Å². The zero-order chi connectivity index (χ0) is 14.5. The summed E-state index contributed by atoms with van der Waals surface area (Å²) < 4.78 is 4.99. The van der Waals surface area contributed by atoms with Gasteiger partial charge in [-0.2, -0.15) is 0 Å². The second-order valence-corrected chi connectivity index (χ2v) is 5.56. The summed E-state index contributed by atoms with van der Waals surface area (Å²) in [6.45, 7) is 5.45. The Hall–Kier alpha value is -1.39. The quantitative estimate of drug-likeness (QED) is 0.770. The first-order valence-corrected chi connectivity index (χ1v) is 7.25. The van der Waals surface area contributed by atoms with E-state index in [0.717, 1.165) is 19.6 Å². The topological polar surface area (TPSA) is 32.8 Å². The molecule has 1 saturated heterocycles. The van der Waals surface area contributed by atoms with Gasteiger partial charge in [-0.25, -0.2) is 4.79 Å². The monoisotopic (exact) mass is 276 g/mol. The van der Waals surface area contributed by atoms with E-state index in [9.17, 15) is 4.79 Å². The van der Waals surface area contributed by atoms with Crippen LogP contribution in [0.3, 0.4) is 0 Å². The zero-order valence-electron chi connectivity index (χ0n) is 12.6. The van der Waals surface area contributed by atoms with Gasteiger partial charge in [0.2, 0.25) is 0 Å². The van der Waals surface area contributed by atoms with Crippen molar-refractivity contribution in [2.24, 2.45) is 0 Å². The summed E-state index contributed by atoms with van der Waals surface area (Å²) in [6, 6.07) is 8.42. The normalized spacial score (nSPS) is 19.5. The van der Waals surface area contributed by atoms with E-state index in [2.05, 4.69) is 23.9 Å². The third-order valence-corrected chi connectivity index (χ3v) is 3.85. The predicted octanol–water partition coefficient (Wildman–Crippen LogP) is 2.00. The minimum absolute atomic E-state index is 0.243. The van der Waals surface area contributed by atoms with Gasteiger partial charge < -0.3 is 9.64 Å². The Morgan fingerprint density at radius 1 is 1.35 bits per heavy atom. The highest BCUT2D eigenvalue weighted by Crippen LogP contribution is 2.16. The molecule has 1 unspecified atom stereocenters. The molecule has 0 N–H and O–H groups in total. The lowest BCUT2D eigenvalue weighted by atomic mass is 10.1. The lowest BCUT2D eigenvalue weighted by Gasteiger charge is -2.20. The molecule has 110 valence electrons. The molecular weight excluding hydrogens is 252 g/mol. The van der Waals surface area contributed by atoms with Crippen LogP contribution >= 0.6 is 0 Å². The molecule has 2 rings (SSSR count). The molecule has 0 aromatic heterocycles. The Kier molecular flexibility index (Phi) is 5.15. The molecule has 1 aliphatic heterocycles. The van der Waals surface area contributed by atoms with E-state index < -0.39 is 0 Å². The number of likely N-dealkylation sites (tertiary alicyclic amines) is 1. The number of carbonyl (C=O) groups excluding carboxylic acids is 1. The summed E-state index contributed by atoms with van der Waals surface area (Å²) in [4.78, 5) is 16.3. The molecule has 1 aromatic carbocycles. The lowest BCUT2D eigenvalue weighted by Crippen LogP contribution is -2.31. The predicted molar refractivity (Wildman–Crippen MR) is 79.8 cm³/mol. The van der Waals surface area contributed by atoms with Gasteiger partial charge >= 0.3 is 5.97 Å². The van der Waals surface area contributed by atoms with Crippen molar-refractivity contribution in [1.29, 1.82) is 0 Å². The van der Waals surface area contributed by atoms with Crippen LogP contribution in [0.4, 0.5) is 0 Å². The molecule has 0 saturated carbocycles. The Morgan fingerprint density at radius 3 is 2.60 bits per heavy atom. The van der Waals surface area contributed by atoms with Crippen molar-refractivity contribution in [1.82, 2.24) is 9.80 Å². The van der Waals surface area contributed by atoms with Crippen molar-refractivity contribution in [2.45, 2.75) is 25.9 Å². The average molecular weight is 276 g/mol. The number of esters is 1. The van der Waals surface area contributed by atoms with E-state index in [0.29, 0.717) is 18.2 Å². The fourth-order valence-corrected chi connectivity index (χ4v) is 2.60. The molecule has 0 spiro atoms. The molecule has 1 atom stereocenters. The Bertz CT molecular complexity index is 442. The van der Waals surface area contributed by atoms with Crippen molar-refractivity contribution in [3.63, 3.8) is 0 Å². The molecule has 1 aliphatic rings. The molecule has 0 bridgehead atoms. The van der Waals surface area contributed by atoms with Crippen molar-refractivity contribution < 1.29 is 9.53 Å². The summed E-state index contributed by atoms with van der Waals surface area (Å²) in [7, 11) is 4.28. The van der Waals surface area contributed by atoms with Crippen LogP contribution in [0, 0.1) is 0 Å². The molecule has 0 radical (unpaired) electrons. The third kappa shape index (κ3) is 3.81. The molecule has 1 fully saturated rings. The molecule has 20 heavy (non-hydrogen) atoms. The lowest BCUT2D eigenvalue weighted by molar-refractivity contribution is 0.0526. The largest absolute Gasteiger partial charge is 0.462 e. The Morgan fingerprint density at radius 2 is 2.05 bits per heavy atom. The highest BCUT2D eigenvalue weighted by molar-refractivity contribution is 5.89. The molecule has 1 heterocycles. The minimum atomic E-state index is -0.243.